The van der Waals surface area contributed by atoms with E-state index in [2.05, 4.69) is 12.2 Å². The number of rotatable bonds is 5. The minimum atomic E-state index is -0.539. The molecule has 1 N–H and O–H groups in total. The first-order valence-corrected chi connectivity index (χ1v) is 8.65. The molecule has 5 nitrogen and oxygen atoms in total. The number of anilines is 1. The van der Waals surface area contributed by atoms with E-state index in [0.29, 0.717) is 17.2 Å². The van der Waals surface area contributed by atoms with Crippen molar-refractivity contribution in [3.05, 3.63) is 29.8 Å². The molecule has 1 fully saturated rings. The van der Waals surface area contributed by atoms with E-state index in [1.165, 1.54) is 11.3 Å². The van der Waals surface area contributed by atoms with Gasteiger partial charge in [-0.25, -0.2) is 0 Å². The Morgan fingerprint density at radius 3 is 2.62 bits per heavy atom. The van der Waals surface area contributed by atoms with E-state index in [9.17, 15) is 9.59 Å². The molecule has 0 aliphatic heterocycles. The van der Waals surface area contributed by atoms with Gasteiger partial charge >= 0.3 is 0 Å². The lowest BCUT2D eigenvalue weighted by Gasteiger charge is -2.29. The molecule has 0 bridgehead atoms. The molecular formula is C19H28N2O3. The fraction of sp³-hybridized carbons (Fsp3) is 0.579. The average Bonchev–Trinajstić information content (AvgIpc) is 2.54. The number of carbonyl (C=O) groups excluding carboxylic acids is 2. The molecule has 3 unspecified atom stereocenters. The van der Waals surface area contributed by atoms with Crippen LogP contribution in [0.1, 0.15) is 49.9 Å². The van der Waals surface area contributed by atoms with Crippen molar-refractivity contribution >= 4 is 17.5 Å². The summed E-state index contributed by atoms with van der Waals surface area (Å²) < 4.78 is 5.94. The van der Waals surface area contributed by atoms with Crippen LogP contribution in [0.5, 0.6) is 0 Å². The van der Waals surface area contributed by atoms with Crippen LogP contribution < -0.4 is 5.32 Å². The van der Waals surface area contributed by atoms with E-state index in [1.807, 2.05) is 0 Å². The summed E-state index contributed by atoms with van der Waals surface area (Å²) in [5.74, 6) is 0.297. The average molecular weight is 332 g/mol. The number of amides is 2. The van der Waals surface area contributed by atoms with Gasteiger partial charge < -0.3 is 15.0 Å². The summed E-state index contributed by atoms with van der Waals surface area (Å²) in [7, 11) is 3.38. The maximum atomic E-state index is 12.5. The Bertz CT molecular complexity index is 586. The zero-order chi connectivity index (χ0) is 17.7. The molecule has 1 aliphatic carbocycles. The summed E-state index contributed by atoms with van der Waals surface area (Å²) >= 11 is 0. The van der Waals surface area contributed by atoms with Crippen molar-refractivity contribution in [1.29, 1.82) is 0 Å². The first-order valence-electron chi connectivity index (χ1n) is 8.65. The third kappa shape index (κ3) is 4.81. The molecule has 0 heterocycles. The maximum absolute atomic E-state index is 12.5. The zero-order valence-electron chi connectivity index (χ0n) is 15.0. The molecular weight excluding hydrogens is 304 g/mol. The van der Waals surface area contributed by atoms with E-state index in [1.54, 1.807) is 45.3 Å². The van der Waals surface area contributed by atoms with Crippen molar-refractivity contribution in [1.82, 2.24) is 4.90 Å². The molecule has 1 aromatic carbocycles. The molecule has 0 spiro atoms. The highest BCUT2D eigenvalue weighted by Crippen LogP contribution is 2.26. The molecule has 1 aliphatic rings. The molecule has 0 saturated heterocycles. The number of nitrogens with zero attached hydrogens (tertiary/aromatic N) is 1. The number of para-hydroxylation sites is 1. The summed E-state index contributed by atoms with van der Waals surface area (Å²) in [4.78, 5) is 26.2. The highest BCUT2D eigenvalue weighted by Gasteiger charge is 2.25. The summed E-state index contributed by atoms with van der Waals surface area (Å²) in [6.45, 7) is 3.99. The fourth-order valence-electron chi connectivity index (χ4n) is 3.11. The maximum Gasteiger partial charge on any atom is 0.255 e. The molecule has 0 aromatic heterocycles. The predicted octanol–water partition coefficient (Wildman–Crippen LogP) is 3.31. The van der Waals surface area contributed by atoms with Crippen LogP contribution in [0.15, 0.2) is 24.3 Å². The summed E-state index contributed by atoms with van der Waals surface area (Å²) in [5, 5.41) is 2.84. The monoisotopic (exact) mass is 332 g/mol. The number of hydrogen-bond donors (Lipinski definition) is 1. The second-order valence-corrected chi connectivity index (χ2v) is 6.91. The van der Waals surface area contributed by atoms with Gasteiger partial charge in [0, 0.05) is 14.1 Å². The number of carbonyl (C=O) groups is 2. The standard InChI is InChI=1S/C19H28N2O3/c1-13-8-7-9-15(12-13)24-14(2)18(22)20-17-11-6-5-10-16(17)19(23)21(3)4/h5-6,10-11,13-15H,7-9,12H2,1-4H3,(H,20,22). The van der Waals surface area contributed by atoms with E-state index in [-0.39, 0.29) is 17.9 Å². The topological polar surface area (TPSA) is 58.6 Å². The Balaban J connectivity index is 2.00. The highest BCUT2D eigenvalue weighted by molar-refractivity contribution is 6.04. The Labute approximate surface area is 144 Å². The molecule has 1 saturated carbocycles. The third-order valence-corrected chi connectivity index (χ3v) is 4.48. The van der Waals surface area contributed by atoms with Gasteiger partial charge in [-0.3, -0.25) is 9.59 Å². The van der Waals surface area contributed by atoms with Crippen molar-refractivity contribution in [2.75, 3.05) is 19.4 Å². The number of nitrogens with one attached hydrogen (secondary N) is 1. The van der Waals surface area contributed by atoms with Gasteiger partial charge in [-0.2, -0.15) is 0 Å². The van der Waals surface area contributed by atoms with Crippen molar-refractivity contribution in [3.8, 4) is 0 Å². The molecule has 2 amide bonds. The molecule has 132 valence electrons. The van der Waals surface area contributed by atoms with Gasteiger partial charge in [0.15, 0.2) is 0 Å². The smallest absolute Gasteiger partial charge is 0.255 e. The minimum Gasteiger partial charge on any atom is -0.365 e. The SMILES string of the molecule is CC1CCCC(OC(C)C(=O)Nc2ccccc2C(=O)N(C)C)C1. The van der Waals surface area contributed by atoms with Crippen LogP contribution in [0.25, 0.3) is 0 Å². The van der Waals surface area contributed by atoms with E-state index in [0.717, 1.165) is 19.3 Å². The third-order valence-electron chi connectivity index (χ3n) is 4.48. The van der Waals surface area contributed by atoms with Gasteiger partial charge in [0.25, 0.3) is 11.8 Å². The first-order chi connectivity index (χ1) is 11.4. The van der Waals surface area contributed by atoms with Crippen LogP contribution in [-0.4, -0.2) is 43.0 Å². The second kappa shape index (κ2) is 8.29. The summed E-state index contributed by atoms with van der Waals surface area (Å²) in [6.07, 6.45) is 4.02. The van der Waals surface area contributed by atoms with Crippen LogP contribution in [-0.2, 0) is 9.53 Å². The lowest BCUT2D eigenvalue weighted by atomic mass is 9.88. The molecule has 2 rings (SSSR count). The number of benzene rings is 1. The van der Waals surface area contributed by atoms with Gasteiger partial charge in [0.05, 0.1) is 17.4 Å². The predicted molar refractivity (Wildman–Crippen MR) is 95.1 cm³/mol. The Morgan fingerprint density at radius 2 is 1.96 bits per heavy atom. The Hall–Kier alpha value is -1.88. The summed E-state index contributed by atoms with van der Waals surface area (Å²) in [5.41, 5.74) is 1.00. The number of ether oxygens (including phenoxy) is 1. The Morgan fingerprint density at radius 1 is 1.25 bits per heavy atom. The van der Waals surface area contributed by atoms with Crippen molar-refractivity contribution in [2.45, 2.75) is 51.7 Å². The molecule has 5 heteroatoms. The molecule has 3 atom stereocenters. The second-order valence-electron chi connectivity index (χ2n) is 6.91. The van der Waals surface area contributed by atoms with Crippen molar-refractivity contribution in [2.24, 2.45) is 5.92 Å². The molecule has 24 heavy (non-hydrogen) atoms. The van der Waals surface area contributed by atoms with Gasteiger partial charge in [-0.15, -0.1) is 0 Å². The largest absolute Gasteiger partial charge is 0.365 e. The van der Waals surface area contributed by atoms with E-state index >= 15 is 0 Å². The highest BCUT2D eigenvalue weighted by atomic mass is 16.5. The quantitative estimate of drug-likeness (QED) is 0.900. The van der Waals surface area contributed by atoms with Crippen LogP contribution in [0.2, 0.25) is 0 Å². The van der Waals surface area contributed by atoms with Gasteiger partial charge in [-0.1, -0.05) is 31.9 Å². The zero-order valence-corrected chi connectivity index (χ0v) is 15.0. The molecule has 1 aromatic rings. The number of hydrogen-bond acceptors (Lipinski definition) is 3. The lowest BCUT2D eigenvalue weighted by molar-refractivity contribution is -0.131. The van der Waals surface area contributed by atoms with Gasteiger partial charge in [-0.05, 0) is 37.8 Å². The molecule has 0 radical (unpaired) electrons. The van der Waals surface area contributed by atoms with Gasteiger partial charge in [0.1, 0.15) is 6.10 Å². The fourth-order valence-corrected chi connectivity index (χ4v) is 3.11. The first kappa shape index (κ1) is 18.5. The Kier molecular flexibility index (Phi) is 6.37. The lowest BCUT2D eigenvalue weighted by Crippen LogP contribution is -2.34. The normalized spacial score (nSPS) is 21.8. The van der Waals surface area contributed by atoms with Crippen LogP contribution in [0.3, 0.4) is 0 Å². The van der Waals surface area contributed by atoms with Crippen LogP contribution in [0, 0.1) is 5.92 Å². The van der Waals surface area contributed by atoms with Crippen LogP contribution in [0.4, 0.5) is 5.69 Å². The van der Waals surface area contributed by atoms with Gasteiger partial charge in [0.2, 0.25) is 0 Å². The van der Waals surface area contributed by atoms with Crippen molar-refractivity contribution in [3.63, 3.8) is 0 Å². The van der Waals surface area contributed by atoms with E-state index < -0.39 is 6.10 Å². The van der Waals surface area contributed by atoms with Crippen LogP contribution >= 0.6 is 0 Å². The van der Waals surface area contributed by atoms with Crippen molar-refractivity contribution < 1.29 is 14.3 Å². The summed E-state index contributed by atoms with van der Waals surface area (Å²) in [6, 6.07) is 7.04. The van der Waals surface area contributed by atoms with E-state index in [4.69, 9.17) is 4.74 Å². The minimum absolute atomic E-state index is 0.138.